The highest BCUT2D eigenvalue weighted by molar-refractivity contribution is 9.10. The third-order valence-corrected chi connectivity index (χ3v) is 4.30. The summed E-state index contributed by atoms with van der Waals surface area (Å²) in [5.74, 6) is 1.06. The zero-order valence-electron chi connectivity index (χ0n) is 8.70. The van der Waals surface area contributed by atoms with Gasteiger partial charge in [-0.05, 0) is 35.6 Å². The summed E-state index contributed by atoms with van der Waals surface area (Å²) in [5, 5.41) is 2.11. The molecule has 1 aromatic carbocycles. The van der Waals surface area contributed by atoms with Crippen molar-refractivity contribution in [3.8, 4) is 0 Å². The van der Waals surface area contributed by atoms with E-state index in [1.807, 2.05) is 6.07 Å². The van der Waals surface area contributed by atoms with Gasteiger partial charge in [0.25, 0.3) is 0 Å². The van der Waals surface area contributed by atoms with Crippen LogP contribution in [0.2, 0.25) is 0 Å². The Bertz CT molecular complexity index is 439. The van der Waals surface area contributed by atoms with Gasteiger partial charge in [0.1, 0.15) is 0 Å². The van der Waals surface area contributed by atoms with Crippen molar-refractivity contribution in [2.24, 2.45) is 0 Å². The Morgan fingerprint density at radius 1 is 1.25 bits per heavy atom. The Labute approximate surface area is 113 Å². The van der Waals surface area contributed by atoms with Crippen LogP contribution < -0.4 is 0 Å². The largest absolute Gasteiger partial charge is 0.149 e. The third-order valence-electron chi connectivity index (χ3n) is 2.53. The first-order chi connectivity index (χ1) is 7.79. The predicted octanol–water partition coefficient (Wildman–Crippen LogP) is 5.08. The van der Waals surface area contributed by atoms with Crippen LogP contribution in [0.3, 0.4) is 0 Å². The van der Waals surface area contributed by atoms with Crippen molar-refractivity contribution in [1.29, 1.82) is 0 Å². The fourth-order valence-corrected chi connectivity index (χ4v) is 3.18. The van der Waals surface area contributed by atoms with Gasteiger partial charge < -0.3 is 0 Å². The van der Waals surface area contributed by atoms with E-state index in [4.69, 9.17) is 11.6 Å². The van der Waals surface area contributed by atoms with E-state index in [-0.39, 0.29) is 0 Å². The van der Waals surface area contributed by atoms with E-state index >= 15 is 0 Å². The molecule has 0 N–H and O–H groups in total. The summed E-state index contributed by atoms with van der Waals surface area (Å²) in [6.45, 7) is 0. The number of halogens is 2. The molecule has 0 radical (unpaired) electrons. The lowest BCUT2D eigenvalue weighted by atomic mass is 9.97. The van der Waals surface area contributed by atoms with E-state index < -0.39 is 0 Å². The minimum absolute atomic E-state index is 0.401. The summed E-state index contributed by atoms with van der Waals surface area (Å²) in [4.78, 5) is 1.39. The summed E-state index contributed by atoms with van der Waals surface area (Å²) in [7, 11) is 0. The predicted molar refractivity (Wildman–Crippen MR) is 75.6 cm³/mol. The number of hydrogen-bond acceptors (Lipinski definition) is 1. The minimum atomic E-state index is 0.401. The number of benzene rings is 1. The first kappa shape index (κ1) is 12.2. The molecule has 3 heteroatoms. The molecule has 16 heavy (non-hydrogen) atoms. The van der Waals surface area contributed by atoms with Crippen LogP contribution in [0.4, 0.5) is 0 Å². The third kappa shape index (κ3) is 3.09. The van der Waals surface area contributed by atoms with E-state index in [2.05, 4.69) is 51.6 Å². The Kier molecular flexibility index (Phi) is 4.45. The number of rotatable bonds is 4. The summed E-state index contributed by atoms with van der Waals surface area (Å²) < 4.78 is 1.12. The summed E-state index contributed by atoms with van der Waals surface area (Å²) >= 11 is 11.4. The van der Waals surface area contributed by atoms with E-state index in [1.54, 1.807) is 11.3 Å². The van der Waals surface area contributed by atoms with Crippen molar-refractivity contribution in [2.45, 2.75) is 12.3 Å². The van der Waals surface area contributed by atoms with Crippen LogP contribution in [-0.4, -0.2) is 5.88 Å². The highest BCUT2D eigenvalue weighted by atomic mass is 79.9. The lowest BCUT2D eigenvalue weighted by Crippen LogP contribution is -2.03. The molecule has 0 aliphatic heterocycles. The second-order valence-corrected chi connectivity index (χ2v) is 5.95. The van der Waals surface area contributed by atoms with Crippen molar-refractivity contribution < 1.29 is 0 Å². The first-order valence-corrected chi connectivity index (χ1v) is 7.34. The lowest BCUT2D eigenvalue weighted by Gasteiger charge is -2.13. The molecule has 0 amide bonds. The Hall–Kier alpha value is -0.310. The SMILES string of the molecule is ClCC(Cc1cccs1)c1cccc(Br)c1. The van der Waals surface area contributed by atoms with Crippen LogP contribution in [0.25, 0.3) is 0 Å². The molecule has 0 fully saturated rings. The summed E-state index contributed by atoms with van der Waals surface area (Å²) in [6.07, 6.45) is 1.03. The van der Waals surface area contributed by atoms with E-state index in [9.17, 15) is 0 Å². The zero-order valence-corrected chi connectivity index (χ0v) is 11.9. The smallest absolute Gasteiger partial charge is 0.0295 e. The standard InChI is InChI=1S/C13H12BrClS/c14-12-4-1-3-10(7-12)11(9-15)8-13-5-2-6-16-13/h1-7,11H,8-9H2. The molecule has 2 rings (SSSR count). The maximum Gasteiger partial charge on any atom is 0.0295 e. The fourth-order valence-electron chi connectivity index (χ4n) is 1.69. The van der Waals surface area contributed by atoms with E-state index in [0.29, 0.717) is 11.8 Å². The van der Waals surface area contributed by atoms with Crippen LogP contribution >= 0.6 is 38.9 Å². The molecule has 1 atom stereocenters. The molecule has 1 heterocycles. The van der Waals surface area contributed by atoms with Gasteiger partial charge in [-0.2, -0.15) is 0 Å². The van der Waals surface area contributed by atoms with Crippen molar-refractivity contribution in [3.63, 3.8) is 0 Å². The average Bonchev–Trinajstić information content (AvgIpc) is 2.78. The highest BCUT2D eigenvalue weighted by Crippen LogP contribution is 2.26. The van der Waals surface area contributed by atoms with Crippen molar-refractivity contribution in [1.82, 2.24) is 0 Å². The van der Waals surface area contributed by atoms with Crippen LogP contribution in [-0.2, 0) is 6.42 Å². The van der Waals surface area contributed by atoms with Crippen LogP contribution in [0, 0.1) is 0 Å². The molecule has 0 spiro atoms. The average molecular weight is 316 g/mol. The Balaban J connectivity index is 2.16. The second kappa shape index (κ2) is 5.85. The van der Waals surface area contributed by atoms with E-state index in [0.717, 1.165) is 10.9 Å². The van der Waals surface area contributed by atoms with Gasteiger partial charge in [-0.3, -0.25) is 0 Å². The number of thiophene rings is 1. The highest BCUT2D eigenvalue weighted by Gasteiger charge is 2.12. The topological polar surface area (TPSA) is 0 Å². The first-order valence-electron chi connectivity index (χ1n) is 5.13. The van der Waals surface area contributed by atoms with Gasteiger partial charge in [0.2, 0.25) is 0 Å². The quantitative estimate of drug-likeness (QED) is 0.691. The van der Waals surface area contributed by atoms with Gasteiger partial charge in [-0.1, -0.05) is 34.1 Å². The van der Waals surface area contributed by atoms with Gasteiger partial charge in [0.15, 0.2) is 0 Å². The second-order valence-electron chi connectivity index (χ2n) is 3.69. The molecule has 84 valence electrons. The summed E-state index contributed by atoms with van der Waals surface area (Å²) in [6, 6.07) is 12.7. The fraction of sp³-hybridized carbons (Fsp3) is 0.231. The Morgan fingerprint density at radius 2 is 2.12 bits per heavy atom. The van der Waals surface area contributed by atoms with E-state index in [1.165, 1.54) is 10.4 Å². The van der Waals surface area contributed by atoms with Gasteiger partial charge in [0.05, 0.1) is 0 Å². The van der Waals surface area contributed by atoms with Gasteiger partial charge in [-0.15, -0.1) is 22.9 Å². The minimum Gasteiger partial charge on any atom is -0.149 e. The van der Waals surface area contributed by atoms with Gasteiger partial charge in [0, 0.05) is 21.1 Å². The molecule has 0 aliphatic rings. The van der Waals surface area contributed by atoms with Gasteiger partial charge >= 0.3 is 0 Å². The van der Waals surface area contributed by atoms with Crippen molar-refractivity contribution in [2.75, 3.05) is 5.88 Å². The normalized spacial score (nSPS) is 12.6. The lowest BCUT2D eigenvalue weighted by molar-refractivity contribution is 0.775. The molecular weight excluding hydrogens is 304 g/mol. The maximum absolute atomic E-state index is 6.06. The van der Waals surface area contributed by atoms with Gasteiger partial charge in [-0.25, -0.2) is 0 Å². The molecule has 2 aromatic rings. The van der Waals surface area contributed by atoms with Crippen LogP contribution in [0.15, 0.2) is 46.3 Å². The zero-order chi connectivity index (χ0) is 11.4. The molecule has 1 unspecified atom stereocenters. The van der Waals surface area contributed by atoms with Crippen LogP contribution in [0.1, 0.15) is 16.4 Å². The molecule has 0 saturated carbocycles. The van der Waals surface area contributed by atoms with Crippen molar-refractivity contribution >= 4 is 38.9 Å². The number of alkyl halides is 1. The molecular formula is C13H12BrClS. The molecule has 1 aromatic heterocycles. The maximum atomic E-state index is 6.06. The van der Waals surface area contributed by atoms with Crippen molar-refractivity contribution in [3.05, 3.63) is 56.7 Å². The molecule has 0 bridgehead atoms. The van der Waals surface area contributed by atoms with Crippen LogP contribution in [0.5, 0.6) is 0 Å². The molecule has 0 aliphatic carbocycles. The monoisotopic (exact) mass is 314 g/mol. The Morgan fingerprint density at radius 3 is 2.75 bits per heavy atom. The summed E-state index contributed by atoms with van der Waals surface area (Å²) in [5.41, 5.74) is 1.30. The number of hydrogen-bond donors (Lipinski definition) is 0. The molecule has 0 saturated heterocycles. The molecule has 0 nitrogen and oxygen atoms in total.